The molecule has 0 atom stereocenters. The highest BCUT2D eigenvalue weighted by Gasteiger charge is 2.32. The summed E-state index contributed by atoms with van der Waals surface area (Å²) in [6, 6.07) is 3.99. The summed E-state index contributed by atoms with van der Waals surface area (Å²) < 4.78 is 27.4. The van der Waals surface area contributed by atoms with Crippen LogP contribution in [-0.4, -0.2) is 72.4 Å². The first-order valence-corrected chi connectivity index (χ1v) is 10.8. The minimum atomic E-state index is -3.53. The molecule has 0 spiro atoms. The number of nitrogens with zero attached hydrogens (tertiary/aromatic N) is 6. The number of aryl methyl sites for hydroxylation is 2. The van der Waals surface area contributed by atoms with Crippen LogP contribution in [0.1, 0.15) is 24.2 Å². The molecular weight excluding hydrogens is 366 g/mol. The van der Waals surface area contributed by atoms with Gasteiger partial charge in [-0.2, -0.15) is 9.40 Å². The van der Waals surface area contributed by atoms with Crippen molar-refractivity contribution in [2.24, 2.45) is 0 Å². The van der Waals surface area contributed by atoms with Gasteiger partial charge in [-0.3, -0.25) is 5.10 Å². The second-order valence-electron chi connectivity index (χ2n) is 7.10. The summed E-state index contributed by atoms with van der Waals surface area (Å²) in [5, 5.41) is 15.5. The first kappa shape index (κ1) is 18.2. The largest absolute Gasteiger partial charge is 0.355 e. The molecule has 10 heteroatoms. The molecule has 4 rings (SSSR count). The minimum Gasteiger partial charge on any atom is -0.355 e. The van der Waals surface area contributed by atoms with Crippen molar-refractivity contribution in [3.63, 3.8) is 0 Å². The van der Waals surface area contributed by atoms with Crippen LogP contribution in [0.15, 0.2) is 17.0 Å². The zero-order valence-corrected chi connectivity index (χ0v) is 16.5. The number of nitrogens with one attached hydrogen (secondary N) is 1. The monoisotopic (exact) mass is 391 g/mol. The summed E-state index contributed by atoms with van der Waals surface area (Å²) in [7, 11) is -3.53. The van der Waals surface area contributed by atoms with Gasteiger partial charge >= 0.3 is 0 Å². The molecule has 2 aromatic heterocycles. The first-order valence-electron chi connectivity index (χ1n) is 9.32. The van der Waals surface area contributed by atoms with E-state index in [9.17, 15) is 8.42 Å². The van der Waals surface area contributed by atoms with E-state index < -0.39 is 10.0 Å². The van der Waals surface area contributed by atoms with Crippen molar-refractivity contribution in [2.75, 3.05) is 49.1 Å². The van der Waals surface area contributed by atoms with Gasteiger partial charge in [0.15, 0.2) is 11.6 Å². The van der Waals surface area contributed by atoms with Gasteiger partial charge in [0.25, 0.3) is 0 Å². The van der Waals surface area contributed by atoms with Crippen LogP contribution in [0.3, 0.4) is 0 Å². The molecule has 0 aliphatic carbocycles. The van der Waals surface area contributed by atoms with Crippen molar-refractivity contribution in [3.8, 4) is 0 Å². The predicted octanol–water partition coefficient (Wildman–Crippen LogP) is 0.928. The molecule has 2 saturated heterocycles. The van der Waals surface area contributed by atoms with Crippen molar-refractivity contribution < 1.29 is 8.42 Å². The molecule has 0 radical (unpaired) electrons. The second-order valence-corrected chi connectivity index (χ2v) is 8.97. The molecule has 0 amide bonds. The van der Waals surface area contributed by atoms with Crippen molar-refractivity contribution >= 4 is 21.7 Å². The highest BCUT2D eigenvalue weighted by atomic mass is 32.2. The third-order valence-corrected chi connectivity index (χ3v) is 7.45. The van der Waals surface area contributed by atoms with Gasteiger partial charge in [-0.15, -0.1) is 10.2 Å². The number of H-pyrrole nitrogens is 1. The number of aromatic nitrogens is 4. The van der Waals surface area contributed by atoms with Crippen LogP contribution >= 0.6 is 0 Å². The van der Waals surface area contributed by atoms with Gasteiger partial charge in [0.1, 0.15) is 4.90 Å². The maximum Gasteiger partial charge on any atom is 0.246 e. The summed E-state index contributed by atoms with van der Waals surface area (Å²) in [6.07, 6.45) is 2.41. The molecule has 27 heavy (non-hydrogen) atoms. The second kappa shape index (κ2) is 7.08. The van der Waals surface area contributed by atoms with Gasteiger partial charge in [-0.1, -0.05) is 0 Å². The summed E-state index contributed by atoms with van der Waals surface area (Å²) >= 11 is 0. The Bertz CT molecular complexity index is 876. The fraction of sp³-hybridized carbons (Fsp3) is 0.588. The standard InChI is InChI=1S/C17H25N7O2S/c1-13-17(14(2)19-18-13)27(25,26)24-11-9-23(10-12-24)16-6-5-15(20-21-16)22-7-3-4-8-22/h5-6H,3-4,7-12H2,1-2H3,(H,18,19). The molecule has 4 heterocycles. The van der Waals surface area contributed by atoms with Crippen LogP contribution in [-0.2, 0) is 10.0 Å². The van der Waals surface area contributed by atoms with Crippen molar-refractivity contribution in [1.82, 2.24) is 24.7 Å². The average Bonchev–Trinajstić information content (AvgIpc) is 3.32. The van der Waals surface area contributed by atoms with Crippen LogP contribution in [0.5, 0.6) is 0 Å². The van der Waals surface area contributed by atoms with Crippen LogP contribution in [0, 0.1) is 13.8 Å². The van der Waals surface area contributed by atoms with Crippen molar-refractivity contribution in [2.45, 2.75) is 31.6 Å². The molecule has 9 nitrogen and oxygen atoms in total. The predicted molar refractivity (Wildman–Crippen MR) is 103 cm³/mol. The third-order valence-electron chi connectivity index (χ3n) is 5.29. The molecule has 2 aromatic rings. The fourth-order valence-corrected chi connectivity index (χ4v) is 5.56. The van der Waals surface area contributed by atoms with E-state index in [-0.39, 0.29) is 0 Å². The summed E-state index contributed by atoms with van der Waals surface area (Å²) in [5.74, 6) is 1.72. The Morgan fingerprint density at radius 3 is 1.93 bits per heavy atom. The lowest BCUT2D eigenvalue weighted by Crippen LogP contribution is -2.49. The number of hydrogen-bond donors (Lipinski definition) is 1. The number of aromatic amines is 1. The van der Waals surface area contributed by atoms with Crippen LogP contribution < -0.4 is 9.80 Å². The normalized spacial score (nSPS) is 19.0. The van der Waals surface area contributed by atoms with Crippen LogP contribution in [0.2, 0.25) is 0 Å². The summed E-state index contributed by atoms with van der Waals surface area (Å²) in [6.45, 7) is 7.54. The zero-order valence-electron chi connectivity index (χ0n) is 15.7. The van der Waals surface area contributed by atoms with Gasteiger partial charge in [-0.05, 0) is 38.8 Å². The van der Waals surface area contributed by atoms with E-state index in [4.69, 9.17) is 0 Å². The Morgan fingerprint density at radius 2 is 1.44 bits per heavy atom. The Labute approximate surface area is 159 Å². The number of sulfonamides is 1. The average molecular weight is 392 g/mol. The maximum absolute atomic E-state index is 12.9. The van der Waals surface area contributed by atoms with E-state index in [1.807, 2.05) is 12.1 Å². The molecule has 2 fully saturated rings. The van der Waals surface area contributed by atoms with E-state index in [2.05, 4.69) is 30.2 Å². The van der Waals surface area contributed by atoms with Gasteiger partial charge < -0.3 is 9.80 Å². The summed E-state index contributed by atoms with van der Waals surface area (Å²) in [4.78, 5) is 4.63. The van der Waals surface area contributed by atoms with Crippen LogP contribution in [0.25, 0.3) is 0 Å². The molecule has 0 saturated carbocycles. The highest BCUT2D eigenvalue weighted by Crippen LogP contribution is 2.24. The lowest BCUT2D eigenvalue weighted by atomic mass is 10.3. The maximum atomic E-state index is 12.9. The topological polar surface area (TPSA) is 98.3 Å². The fourth-order valence-electron chi connectivity index (χ4n) is 3.81. The quantitative estimate of drug-likeness (QED) is 0.828. The molecule has 2 aliphatic heterocycles. The van der Waals surface area contributed by atoms with Gasteiger partial charge in [-0.25, -0.2) is 8.42 Å². The lowest BCUT2D eigenvalue weighted by molar-refractivity contribution is 0.383. The van der Waals surface area contributed by atoms with E-state index in [0.717, 1.165) is 24.7 Å². The van der Waals surface area contributed by atoms with Crippen LogP contribution in [0.4, 0.5) is 11.6 Å². The van der Waals surface area contributed by atoms with Crippen molar-refractivity contribution in [1.29, 1.82) is 0 Å². The molecular formula is C17H25N7O2S. The van der Waals surface area contributed by atoms with Gasteiger partial charge in [0.2, 0.25) is 10.0 Å². The molecule has 1 N–H and O–H groups in total. The summed E-state index contributed by atoms with van der Waals surface area (Å²) in [5.41, 5.74) is 1.09. The Hall–Kier alpha value is -2.20. The number of hydrogen-bond acceptors (Lipinski definition) is 7. The Kier molecular flexibility index (Phi) is 4.77. The van der Waals surface area contributed by atoms with E-state index in [1.54, 1.807) is 13.8 Å². The Balaban J connectivity index is 1.43. The van der Waals surface area contributed by atoms with Crippen molar-refractivity contribution in [3.05, 3.63) is 23.5 Å². The number of piperazine rings is 1. The number of anilines is 2. The Morgan fingerprint density at radius 1 is 0.889 bits per heavy atom. The molecule has 146 valence electrons. The van der Waals surface area contributed by atoms with Gasteiger partial charge in [0, 0.05) is 39.3 Å². The zero-order chi connectivity index (χ0) is 19.0. The third kappa shape index (κ3) is 3.39. The van der Waals surface area contributed by atoms with E-state index in [0.29, 0.717) is 42.5 Å². The molecule has 0 bridgehead atoms. The first-order chi connectivity index (χ1) is 13.0. The SMILES string of the molecule is Cc1n[nH]c(C)c1S(=O)(=O)N1CCN(c2ccc(N3CCCC3)nn2)CC1. The smallest absolute Gasteiger partial charge is 0.246 e. The minimum absolute atomic E-state index is 0.297. The van der Waals surface area contributed by atoms with E-state index >= 15 is 0 Å². The lowest BCUT2D eigenvalue weighted by Gasteiger charge is -2.34. The van der Waals surface area contributed by atoms with E-state index in [1.165, 1.54) is 17.1 Å². The molecule has 2 aliphatic rings. The number of rotatable bonds is 4. The molecule has 0 aromatic carbocycles. The molecule has 0 unspecified atom stereocenters. The highest BCUT2D eigenvalue weighted by molar-refractivity contribution is 7.89. The van der Waals surface area contributed by atoms with Gasteiger partial charge in [0.05, 0.1) is 11.4 Å².